The lowest BCUT2D eigenvalue weighted by atomic mass is 10.0. The van der Waals surface area contributed by atoms with E-state index in [0.29, 0.717) is 5.82 Å². The molecule has 0 aliphatic heterocycles. The molecule has 34 heavy (non-hydrogen) atoms. The molecular weight excluding hydrogens is 418 g/mol. The number of benzene rings is 4. The van der Waals surface area contributed by atoms with Crippen molar-refractivity contribution in [2.75, 3.05) is 7.11 Å². The van der Waals surface area contributed by atoms with E-state index in [2.05, 4.69) is 60.7 Å². The first-order valence-corrected chi connectivity index (χ1v) is 11.2. The highest BCUT2D eigenvalue weighted by Crippen LogP contribution is 2.32. The number of hydrogen-bond acceptors (Lipinski definition) is 4. The van der Waals surface area contributed by atoms with Gasteiger partial charge in [0.15, 0.2) is 5.82 Å². The van der Waals surface area contributed by atoms with E-state index < -0.39 is 0 Å². The number of hydrogen-bond donors (Lipinski definition) is 0. The lowest BCUT2D eigenvalue weighted by molar-refractivity contribution is 0.415. The van der Waals surface area contributed by atoms with Crippen LogP contribution in [0.3, 0.4) is 0 Å². The van der Waals surface area contributed by atoms with Crippen molar-refractivity contribution in [2.45, 2.75) is 0 Å². The van der Waals surface area contributed by atoms with E-state index in [9.17, 15) is 0 Å². The number of aromatic nitrogens is 3. The van der Waals surface area contributed by atoms with E-state index in [4.69, 9.17) is 19.7 Å². The fourth-order valence-corrected chi connectivity index (χ4v) is 4.23. The number of fused-ring (bicyclic) bond motifs is 2. The zero-order valence-electron chi connectivity index (χ0n) is 18.6. The highest BCUT2D eigenvalue weighted by Gasteiger charge is 2.14. The van der Waals surface area contributed by atoms with Crippen LogP contribution in [0.5, 0.6) is 5.75 Å². The van der Waals surface area contributed by atoms with Gasteiger partial charge in [0, 0.05) is 22.9 Å². The SMILES string of the molecule is COc1cccc(-c2nc(-c3ccccc3)c3ncc(-c4ccc5ccccc5c4)cc3n2)c1. The second-order valence-electron chi connectivity index (χ2n) is 8.15. The molecule has 0 aliphatic rings. The largest absolute Gasteiger partial charge is 0.497 e. The standard InChI is InChI=1S/C30H21N3O/c1-34-26-13-7-12-24(17-26)30-32-27-18-25(23-15-14-20-8-5-6-11-22(20)16-23)19-31-29(27)28(33-30)21-9-3-2-4-10-21/h2-19H,1H3. The summed E-state index contributed by atoms with van der Waals surface area (Å²) in [6.07, 6.45) is 1.91. The quantitative estimate of drug-likeness (QED) is 0.292. The second kappa shape index (κ2) is 8.41. The number of methoxy groups -OCH3 is 1. The molecular formula is C30H21N3O. The Bertz CT molecular complexity index is 1640. The van der Waals surface area contributed by atoms with Gasteiger partial charge in [0.1, 0.15) is 17.0 Å². The maximum Gasteiger partial charge on any atom is 0.160 e. The zero-order valence-corrected chi connectivity index (χ0v) is 18.6. The van der Waals surface area contributed by atoms with Crippen LogP contribution in [-0.4, -0.2) is 22.1 Å². The molecule has 0 atom stereocenters. The molecule has 0 N–H and O–H groups in total. The molecule has 0 fully saturated rings. The molecule has 4 aromatic carbocycles. The minimum atomic E-state index is 0.641. The number of rotatable bonds is 4. The van der Waals surface area contributed by atoms with Crippen molar-refractivity contribution in [3.63, 3.8) is 0 Å². The first-order chi connectivity index (χ1) is 16.8. The molecule has 6 aromatic rings. The fourth-order valence-electron chi connectivity index (χ4n) is 4.23. The first-order valence-electron chi connectivity index (χ1n) is 11.2. The van der Waals surface area contributed by atoms with E-state index in [1.54, 1.807) is 7.11 Å². The molecule has 0 unspecified atom stereocenters. The molecule has 0 spiro atoms. The minimum Gasteiger partial charge on any atom is -0.497 e. The Kier molecular flexibility index (Phi) is 4.96. The lowest BCUT2D eigenvalue weighted by Crippen LogP contribution is -1.97. The van der Waals surface area contributed by atoms with Crippen molar-refractivity contribution < 1.29 is 4.74 Å². The average Bonchev–Trinajstić information content (AvgIpc) is 2.92. The van der Waals surface area contributed by atoms with Crippen LogP contribution in [0.15, 0.2) is 109 Å². The van der Waals surface area contributed by atoms with Crippen LogP contribution in [0.25, 0.3) is 55.6 Å². The van der Waals surface area contributed by atoms with Crippen LogP contribution < -0.4 is 4.74 Å². The molecule has 162 valence electrons. The second-order valence-corrected chi connectivity index (χ2v) is 8.15. The third-order valence-electron chi connectivity index (χ3n) is 5.99. The summed E-state index contributed by atoms with van der Waals surface area (Å²) in [6, 6.07) is 34.9. The Morgan fingerprint density at radius 3 is 2.24 bits per heavy atom. The summed E-state index contributed by atoms with van der Waals surface area (Å²) in [4.78, 5) is 14.7. The molecule has 0 aliphatic carbocycles. The summed E-state index contributed by atoms with van der Waals surface area (Å²) in [5, 5.41) is 2.42. The molecule has 2 aromatic heterocycles. The molecule has 0 amide bonds. The third kappa shape index (κ3) is 3.65. The Balaban J connectivity index is 1.57. The van der Waals surface area contributed by atoms with Crippen LogP contribution in [0.1, 0.15) is 0 Å². The fraction of sp³-hybridized carbons (Fsp3) is 0.0333. The van der Waals surface area contributed by atoms with Gasteiger partial charge in [-0.1, -0.05) is 78.9 Å². The van der Waals surface area contributed by atoms with Gasteiger partial charge < -0.3 is 4.74 Å². The molecule has 0 saturated carbocycles. The molecule has 0 bridgehead atoms. The van der Waals surface area contributed by atoms with Gasteiger partial charge >= 0.3 is 0 Å². The Morgan fingerprint density at radius 1 is 0.588 bits per heavy atom. The minimum absolute atomic E-state index is 0.641. The molecule has 4 nitrogen and oxygen atoms in total. The van der Waals surface area contributed by atoms with Crippen LogP contribution in [0.4, 0.5) is 0 Å². The first kappa shape index (κ1) is 20.1. The summed E-state index contributed by atoms with van der Waals surface area (Å²) in [7, 11) is 1.66. The average molecular weight is 440 g/mol. The van der Waals surface area contributed by atoms with Crippen molar-refractivity contribution in [1.29, 1.82) is 0 Å². The summed E-state index contributed by atoms with van der Waals surface area (Å²) < 4.78 is 5.42. The van der Waals surface area contributed by atoms with Crippen molar-refractivity contribution in [3.05, 3.63) is 109 Å². The third-order valence-corrected chi connectivity index (χ3v) is 5.99. The normalized spacial score (nSPS) is 11.1. The Morgan fingerprint density at radius 2 is 1.38 bits per heavy atom. The van der Waals surface area contributed by atoms with E-state index in [-0.39, 0.29) is 0 Å². The highest BCUT2D eigenvalue weighted by atomic mass is 16.5. The van der Waals surface area contributed by atoms with Crippen molar-refractivity contribution in [2.24, 2.45) is 0 Å². The molecule has 6 rings (SSSR count). The van der Waals surface area contributed by atoms with Gasteiger partial charge in [-0.2, -0.15) is 0 Å². The maximum atomic E-state index is 5.42. The Hall–Kier alpha value is -4.57. The van der Waals surface area contributed by atoms with Gasteiger partial charge in [0.25, 0.3) is 0 Å². The Labute approximate surface area is 197 Å². The van der Waals surface area contributed by atoms with Crippen molar-refractivity contribution in [1.82, 2.24) is 15.0 Å². The van der Waals surface area contributed by atoms with Gasteiger partial charge in [-0.05, 0) is 40.6 Å². The smallest absolute Gasteiger partial charge is 0.160 e. The lowest BCUT2D eigenvalue weighted by Gasteiger charge is -2.11. The zero-order chi connectivity index (χ0) is 22.9. The van der Waals surface area contributed by atoms with Gasteiger partial charge in [-0.15, -0.1) is 0 Å². The molecule has 2 heterocycles. The summed E-state index contributed by atoms with van der Waals surface area (Å²) in [5.41, 5.74) is 6.43. The van der Waals surface area contributed by atoms with Gasteiger partial charge in [-0.3, -0.25) is 4.98 Å². The van der Waals surface area contributed by atoms with Gasteiger partial charge in [0.2, 0.25) is 0 Å². The number of pyridine rings is 1. The van der Waals surface area contributed by atoms with Crippen LogP contribution in [0, 0.1) is 0 Å². The summed E-state index contributed by atoms with van der Waals surface area (Å²) in [5.74, 6) is 1.41. The number of nitrogens with zero attached hydrogens (tertiary/aromatic N) is 3. The topological polar surface area (TPSA) is 47.9 Å². The monoisotopic (exact) mass is 439 g/mol. The number of ether oxygens (including phenoxy) is 1. The van der Waals surface area contributed by atoms with Gasteiger partial charge in [-0.25, -0.2) is 9.97 Å². The van der Waals surface area contributed by atoms with Crippen LogP contribution >= 0.6 is 0 Å². The summed E-state index contributed by atoms with van der Waals surface area (Å²) >= 11 is 0. The van der Waals surface area contributed by atoms with E-state index >= 15 is 0 Å². The van der Waals surface area contributed by atoms with Crippen molar-refractivity contribution in [3.8, 4) is 39.5 Å². The molecule has 0 radical (unpaired) electrons. The van der Waals surface area contributed by atoms with Crippen LogP contribution in [0.2, 0.25) is 0 Å². The highest BCUT2D eigenvalue weighted by molar-refractivity contribution is 5.94. The maximum absolute atomic E-state index is 5.42. The van der Waals surface area contributed by atoms with Gasteiger partial charge in [0.05, 0.1) is 12.6 Å². The van der Waals surface area contributed by atoms with Crippen LogP contribution in [-0.2, 0) is 0 Å². The van der Waals surface area contributed by atoms with Crippen molar-refractivity contribution >= 4 is 21.8 Å². The summed E-state index contributed by atoms with van der Waals surface area (Å²) in [6.45, 7) is 0. The molecule has 4 heteroatoms. The van der Waals surface area contributed by atoms with E-state index in [1.807, 2.05) is 48.7 Å². The van der Waals surface area contributed by atoms with E-state index in [1.165, 1.54) is 10.8 Å². The predicted octanol–water partition coefficient (Wildman–Crippen LogP) is 7.19. The predicted molar refractivity (Wildman–Crippen MR) is 138 cm³/mol. The molecule has 0 saturated heterocycles. The van der Waals surface area contributed by atoms with E-state index in [0.717, 1.165) is 44.7 Å².